The molecule has 0 amide bonds. The summed E-state index contributed by atoms with van der Waals surface area (Å²) < 4.78 is 28.3. The second-order valence-electron chi connectivity index (χ2n) is 6.44. The van der Waals surface area contributed by atoms with Crippen molar-refractivity contribution in [3.63, 3.8) is 0 Å². The lowest BCUT2D eigenvalue weighted by Gasteiger charge is -2.29. The topological polar surface area (TPSA) is 37.4 Å². The van der Waals surface area contributed by atoms with Crippen LogP contribution in [0.25, 0.3) is 0 Å². The van der Waals surface area contributed by atoms with E-state index >= 15 is 0 Å². The summed E-state index contributed by atoms with van der Waals surface area (Å²) in [6.45, 7) is 4.21. The van der Waals surface area contributed by atoms with E-state index in [4.69, 9.17) is 0 Å². The first-order valence-corrected chi connectivity index (χ1v) is 10.1. The van der Waals surface area contributed by atoms with Gasteiger partial charge in [0.05, 0.1) is 4.90 Å². The SMILES string of the molecule is Cc1ccc(S(=O)(=O)N(Cc2ccccc2)C(C)c2ccccc2)cc1. The molecule has 0 heterocycles. The van der Waals surface area contributed by atoms with Gasteiger partial charge in [0.1, 0.15) is 0 Å². The molecule has 134 valence electrons. The van der Waals surface area contributed by atoms with Crippen molar-refractivity contribution >= 4 is 10.0 Å². The van der Waals surface area contributed by atoms with Gasteiger partial charge in [0, 0.05) is 12.6 Å². The lowest BCUT2D eigenvalue weighted by molar-refractivity contribution is 0.336. The first kappa shape index (κ1) is 18.4. The molecule has 3 aromatic carbocycles. The quantitative estimate of drug-likeness (QED) is 0.620. The fourth-order valence-electron chi connectivity index (χ4n) is 2.94. The Balaban J connectivity index is 2.03. The molecule has 0 saturated heterocycles. The van der Waals surface area contributed by atoms with E-state index in [0.29, 0.717) is 11.4 Å². The molecule has 3 rings (SSSR count). The van der Waals surface area contributed by atoms with Crippen molar-refractivity contribution in [2.45, 2.75) is 31.3 Å². The Morgan fingerprint density at radius 2 is 1.35 bits per heavy atom. The zero-order valence-corrected chi connectivity index (χ0v) is 15.9. The molecule has 0 fully saturated rings. The molecule has 0 bridgehead atoms. The third-order valence-electron chi connectivity index (χ3n) is 4.52. The summed E-state index contributed by atoms with van der Waals surface area (Å²) in [5.41, 5.74) is 2.97. The maximum absolute atomic E-state index is 13.4. The summed E-state index contributed by atoms with van der Waals surface area (Å²) in [6.07, 6.45) is 0. The van der Waals surface area contributed by atoms with Crippen molar-refractivity contribution in [3.05, 3.63) is 102 Å². The van der Waals surface area contributed by atoms with Crippen molar-refractivity contribution in [2.75, 3.05) is 0 Å². The Bertz CT molecular complexity index is 936. The van der Waals surface area contributed by atoms with Crippen molar-refractivity contribution in [3.8, 4) is 0 Å². The third kappa shape index (κ3) is 4.03. The number of aryl methyl sites for hydroxylation is 1. The zero-order chi connectivity index (χ0) is 18.6. The maximum atomic E-state index is 13.4. The van der Waals surface area contributed by atoms with Gasteiger partial charge in [-0.05, 0) is 37.1 Å². The van der Waals surface area contributed by atoms with Crippen LogP contribution in [0, 0.1) is 6.92 Å². The van der Waals surface area contributed by atoms with E-state index in [-0.39, 0.29) is 6.04 Å². The first-order valence-electron chi connectivity index (χ1n) is 8.66. The average molecular weight is 365 g/mol. The Kier molecular flexibility index (Phi) is 5.55. The van der Waals surface area contributed by atoms with Gasteiger partial charge in [0.2, 0.25) is 10.0 Å². The standard InChI is InChI=1S/C22H23NO2S/c1-18-13-15-22(16-14-18)26(24,25)23(17-20-9-5-3-6-10-20)19(2)21-11-7-4-8-12-21/h3-16,19H,17H2,1-2H3. The number of hydrogen-bond acceptors (Lipinski definition) is 2. The molecule has 0 aliphatic carbocycles. The molecule has 1 unspecified atom stereocenters. The van der Waals surface area contributed by atoms with Crippen LogP contribution in [0.5, 0.6) is 0 Å². The van der Waals surface area contributed by atoms with Crippen LogP contribution in [0.3, 0.4) is 0 Å². The molecule has 3 nitrogen and oxygen atoms in total. The molecule has 4 heteroatoms. The number of benzene rings is 3. The first-order chi connectivity index (χ1) is 12.5. The van der Waals surface area contributed by atoms with Crippen LogP contribution in [0.2, 0.25) is 0 Å². The fourth-order valence-corrected chi connectivity index (χ4v) is 4.54. The van der Waals surface area contributed by atoms with Crippen LogP contribution in [0.4, 0.5) is 0 Å². The molecule has 0 N–H and O–H groups in total. The van der Waals surface area contributed by atoms with Crippen molar-refractivity contribution in [1.29, 1.82) is 0 Å². The van der Waals surface area contributed by atoms with E-state index in [9.17, 15) is 8.42 Å². The molecule has 0 saturated carbocycles. The summed E-state index contributed by atoms with van der Waals surface area (Å²) in [6, 6.07) is 26.2. The number of hydrogen-bond donors (Lipinski definition) is 0. The fraction of sp³-hybridized carbons (Fsp3) is 0.182. The summed E-state index contributed by atoms with van der Waals surface area (Å²) in [5, 5.41) is 0. The van der Waals surface area contributed by atoms with E-state index in [2.05, 4.69) is 0 Å². The van der Waals surface area contributed by atoms with Gasteiger partial charge >= 0.3 is 0 Å². The minimum absolute atomic E-state index is 0.275. The largest absolute Gasteiger partial charge is 0.243 e. The van der Waals surface area contributed by atoms with Gasteiger partial charge in [-0.3, -0.25) is 0 Å². The lowest BCUT2D eigenvalue weighted by Crippen LogP contribution is -2.33. The predicted octanol–water partition coefficient (Wildman–Crippen LogP) is 4.95. The van der Waals surface area contributed by atoms with Crippen LogP contribution in [-0.2, 0) is 16.6 Å². The third-order valence-corrected chi connectivity index (χ3v) is 6.45. The van der Waals surface area contributed by atoms with Crippen molar-refractivity contribution in [1.82, 2.24) is 4.31 Å². The molecular formula is C22H23NO2S. The van der Waals surface area contributed by atoms with E-state index in [0.717, 1.165) is 16.7 Å². The van der Waals surface area contributed by atoms with Gasteiger partial charge in [-0.15, -0.1) is 0 Å². The van der Waals surface area contributed by atoms with Gasteiger partial charge in [0.25, 0.3) is 0 Å². The van der Waals surface area contributed by atoms with Crippen molar-refractivity contribution < 1.29 is 8.42 Å². The minimum atomic E-state index is -3.63. The smallest absolute Gasteiger partial charge is 0.207 e. The zero-order valence-electron chi connectivity index (χ0n) is 15.0. The maximum Gasteiger partial charge on any atom is 0.243 e. The molecule has 0 radical (unpaired) electrons. The van der Waals surface area contributed by atoms with E-state index in [1.165, 1.54) is 0 Å². The highest BCUT2D eigenvalue weighted by atomic mass is 32.2. The van der Waals surface area contributed by atoms with Gasteiger partial charge < -0.3 is 0 Å². The van der Waals surface area contributed by atoms with Crippen LogP contribution < -0.4 is 0 Å². The van der Waals surface area contributed by atoms with Crippen LogP contribution in [-0.4, -0.2) is 12.7 Å². The molecule has 0 aliphatic rings. The van der Waals surface area contributed by atoms with Gasteiger partial charge in [-0.2, -0.15) is 4.31 Å². The number of rotatable bonds is 6. The molecule has 26 heavy (non-hydrogen) atoms. The molecule has 0 aliphatic heterocycles. The molecule has 1 atom stereocenters. The highest BCUT2D eigenvalue weighted by Crippen LogP contribution is 2.29. The second kappa shape index (κ2) is 7.85. The highest BCUT2D eigenvalue weighted by Gasteiger charge is 2.30. The van der Waals surface area contributed by atoms with Crippen LogP contribution in [0.15, 0.2) is 89.8 Å². The van der Waals surface area contributed by atoms with Crippen LogP contribution >= 0.6 is 0 Å². The second-order valence-corrected chi connectivity index (χ2v) is 8.33. The Morgan fingerprint density at radius 3 is 1.92 bits per heavy atom. The van der Waals surface area contributed by atoms with E-state index in [1.807, 2.05) is 86.6 Å². The molecule has 0 spiro atoms. The number of sulfonamides is 1. The molecular weight excluding hydrogens is 342 g/mol. The Morgan fingerprint density at radius 1 is 0.808 bits per heavy atom. The molecule has 3 aromatic rings. The van der Waals surface area contributed by atoms with Gasteiger partial charge in [0.15, 0.2) is 0 Å². The minimum Gasteiger partial charge on any atom is -0.207 e. The normalized spacial score (nSPS) is 12.9. The van der Waals surface area contributed by atoms with E-state index < -0.39 is 10.0 Å². The van der Waals surface area contributed by atoms with Gasteiger partial charge in [-0.25, -0.2) is 8.42 Å². The average Bonchev–Trinajstić information content (AvgIpc) is 2.67. The summed E-state index contributed by atoms with van der Waals surface area (Å²) >= 11 is 0. The summed E-state index contributed by atoms with van der Waals surface area (Å²) in [4.78, 5) is 0.321. The molecule has 0 aromatic heterocycles. The van der Waals surface area contributed by atoms with E-state index in [1.54, 1.807) is 16.4 Å². The number of nitrogens with zero attached hydrogens (tertiary/aromatic N) is 1. The van der Waals surface area contributed by atoms with Crippen LogP contribution in [0.1, 0.15) is 29.7 Å². The Hall–Kier alpha value is -2.43. The predicted molar refractivity (Wildman–Crippen MR) is 105 cm³/mol. The lowest BCUT2D eigenvalue weighted by atomic mass is 10.1. The Labute approximate surface area is 156 Å². The monoisotopic (exact) mass is 365 g/mol. The highest BCUT2D eigenvalue weighted by molar-refractivity contribution is 7.89. The summed E-state index contributed by atoms with van der Waals surface area (Å²) in [7, 11) is -3.63. The van der Waals surface area contributed by atoms with Crippen molar-refractivity contribution in [2.24, 2.45) is 0 Å². The summed E-state index contributed by atoms with van der Waals surface area (Å²) in [5.74, 6) is 0. The van der Waals surface area contributed by atoms with Gasteiger partial charge in [-0.1, -0.05) is 78.4 Å².